The van der Waals surface area contributed by atoms with Gasteiger partial charge in [0, 0.05) is 11.1 Å². The lowest BCUT2D eigenvalue weighted by atomic mass is 9.82. The van der Waals surface area contributed by atoms with Crippen molar-refractivity contribution in [1.82, 2.24) is 5.43 Å². The van der Waals surface area contributed by atoms with E-state index in [2.05, 4.69) is 39.3 Å². The lowest BCUT2D eigenvalue weighted by molar-refractivity contribution is 0.0801. The largest absolute Gasteiger partial charge is 0.458 e. The SMILES string of the molecule is C[Si](C)OC(c1c(-c2ccccc2)coc1C(=O)NN)C(C)(C)C. The number of hydrogen-bond acceptors (Lipinski definition) is 4. The van der Waals surface area contributed by atoms with E-state index in [-0.39, 0.29) is 17.3 Å². The summed E-state index contributed by atoms with van der Waals surface area (Å²) < 4.78 is 11.9. The number of benzene rings is 1. The van der Waals surface area contributed by atoms with Gasteiger partial charge >= 0.3 is 5.91 Å². The van der Waals surface area contributed by atoms with Gasteiger partial charge in [-0.2, -0.15) is 0 Å². The van der Waals surface area contributed by atoms with Crippen molar-refractivity contribution in [2.75, 3.05) is 0 Å². The van der Waals surface area contributed by atoms with E-state index in [9.17, 15) is 4.79 Å². The molecule has 1 amide bonds. The van der Waals surface area contributed by atoms with Crippen LogP contribution >= 0.6 is 0 Å². The number of furan rings is 1. The first kappa shape index (κ1) is 18.4. The minimum Gasteiger partial charge on any atom is -0.458 e. The molecule has 5 nitrogen and oxygen atoms in total. The minimum absolute atomic E-state index is 0.208. The average Bonchev–Trinajstić information content (AvgIpc) is 2.95. The molecule has 0 fully saturated rings. The highest BCUT2D eigenvalue weighted by atomic mass is 28.3. The Hall–Kier alpha value is -1.89. The first-order chi connectivity index (χ1) is 11.3. The van der Waals surface area contributed by atoms with Crippen molar-refractivity contribution in [3.05, 3.63) is 47.9 Å². The molecule has 1 atom stereocenters. The number of hydrazine groups is 1. The fourth-order valence-electron chi connectivity index (χ4n) is 2.61. The van der Waals surface area contributed by atoms with Crippen molar-refractivity contribution in [1.29, 1.82) is 0 Å². The Balaban J connectivity index is 2.67. The first-order valence-electron chi connectivity index (χ1n) is 7.90. The van der Waals surface area contributed by atoms with E-state index in [1.807, 2.05) is 30.3 Å². The predicted octanol–water partition coefficient (Wildman–Crippen LogP) is 3.91. The van der Waals surface area contributed by atoms with Gasteiger partial charge in [-0.15, -0.1) is 0 Å². The normalized spacial score (nSPS) is 13.1. The molecule has 1 heterocycles. The average molecular weight is 345 g/mol. The zero-order valence-electron chi connectivity index (χ0n) is 14.8. The molecule has 0 bridgehead atoms. The van der Waals surface area contributed by atoms with Gasteiger partial charge < -0.3 is 8.84 Å². The third-order valence-corrected chi connectivity index (χ3v) is 4.36. The molecule has 0 spiro atoms. The number of carbonyl (C=O) groups excluding carboxylic acids is 1. The highest BCUT2D eigenvalue weighted by Crippen LogP contribution is 2.43. The van der Waals surface area contributed by atoms with Crippen LogP contribution in [0.3, 0.4) is 0 Å². The Bertz CT molecular complexity index is 690. The van der Waals surface area contributed by atoms with Gasteiger partial charge in [-0.3, -0.25) is 10.2 Å². The Labute approximate surface area is 144 Å². The molecule has 0 saturated carbocycles. The summed E-state index contributed by atoms with van der Waals surface area (Å²) in [6.07, 6.45) is 1.33. The van der Waals surface area contributed by atoms with E-state index < -0.39 is 14.9 Å². The summed E-state index contributed by atoms with van der Waals surface area (Å²) >= 11 is 0. The highest BCUT2D eigenvalue weighted by Gasteiger charge is 2.36. The van der Waals surface area contributed by atoms with Crippen molar-refractivity contribution in [2.45, 2.75) is 40.0 Å². The van der Waals surface area contributed by atoms with Crippen LogP contribution in [0.25, 0.3) is 11.1 Å². The molecule has 24 heavy (non-hydrogen) atoms. The van der Waals surface area contributed by atoms with Crippen LogP contribution in [-0.2, 0) is 4.43 Å². The lowest BCUT2D eigenvalue weighted by Gasteiger charge is -2.33. The van der Waals surface area contributed by atoms with Gasteiger partial charge in [0.1, 0.15) is 0 Å². The molecule has 6 heteroatoms. The number of nitrogen functional groups attached to an aromatic ring is 1. The molecule has 0 aliphatic heterocycles. The summed E-state index contributed by atoms with van der Waals surface area (Å²) in [6, 6.07) is 9.84. The molecule has 1 aromatic carbocycles. The monoisotopic (exact) mass is 345 g/mol. The third kappa shape index (κ3) is 3.95. The second kappa shape index (κ2) is 7.34. The minimum atomic E-state index is -0.992. The van der Waals surface area contributed by atoms with Gasteiger partial charge in [-0.1, -0.05) is 51.1 Å². The number of nitrogens with one attached hydrogen (secondary N) is 1. The number of amides is 1. The van der Waals surface area contributed by atoms with E-state index in [1.54, 1.807) is 6.26 Å². The Morgan fingerprint density at radius 3 is 2.38 bits per heavy atom. The van der Waals surface area contributed by atoms with E-state index >= 15 is 0 Å². The quantitative estimate of drug-likeness (QED) is 0.373. The van der Waals surface area contributed by atoms with Crippen LogP contribution in [0.4, 0.5) is 0 Å². The zero-order chi connectivity index (χ0) is 17.9. The summed E-state index contributed by atoms with van der Waals surface area (Å²) in [5.74, 6) is 5.09. The molecule has 2 rings (SSSR count). The molecule has 1 radical (unpaired) electrons. The van der Waals surface area contributed by atoms with Crippen LogP contribution in [0.1, 0.15) is 43.0 Å². The molecule has 0 aliphatic carbocycles. The third-order valence-electron chi connectivity index (χ3n) is 3.65. The number of carbonyl (C=O) groups is 1. The molecule has 1 aromatic heterocycles. The second-order valence-electron chi connectivity index (χ2n) is 7.00. The molecule has 2 aromatic rings. The van der Waals surface area contributed by atoms with Crippen LogP contribution in [0, 0.1) is 5.41 Å². The Morgan fingerprint density at radius 2 is 1.88 bits per heavy atom. The van der Waals surface area contributed by atoms with Crippen LogP contribution in [0.5, 0.6) is 0 Å². The summed E-state index contributed by atoms with van der Waals surface area (Å²) in [4.78, 5) is 12.2. The van der Waals surface area contributed by atoms with Gasteiger partial charge in [0.15, 0.2) is 5.76 Å². The van der Waals surface area contributed by atoms with Gasteiger partial charge in [-0.05, 0) is 24.1 Å². The Kier molecular flexibility index (Phi) is 5.64. The van der Waals surface area contributed by atoms with Crippen molar-refractivity contribution >= 4 is 14.9 Å². The first-order valence-corrected chi connectivity index (χ1v) is 10.3. The summed E-state index contributed by atoms with van der Waals surface area (Å²) in [5.41, 5.74) is 4.55. The van der Waals surface area contributed by atoms with Crippen LogP contribution in [-0.4, -0.2) is 14.9 Å². The molecule has 129 valence electrons. The number of rotatable bonds is 5. The van der Waals surface area contributed by atoms with Crippen LogP contribution < -0.4 is 11.3 Å². The van der Waals surface area contributed by atoms with E-state index in [1.165, 1.54) is 0 Å². The van der Waals surface area contributed by atoms with Crippen molar-refractivity contribution in [3.8, 4) is 11.1 Å². The summed E-state index contributed by atoms with van der Waals surface area (Å²) in [7, 11) is -0.992. The van der Waals surface area contributed by atoms with Crippen LogP contribution in [0.2, 0.25) is 13.1 Å². The number of hydrogen-bond donors (Lipinski definition) is 2. The fourth-order valence-corrected chi connectivity index (χ4v) is 3.56. The van der Waals surface area contributed by atoms with E-state index in [0.29, 0.717) is 0 Å². The maximum Gasteiger partial charge on any atom is 0.301 e. The smallest absolute Gasteiger partial charge is 0.301 e. The van der Waals surface area contributed by atoms with E-state index in [0.717, 1.165) is 16.7 Å². The summed E-state index contributed by atoms with van der Waals surface area (Å²) in [6.45, 7) is 10.4. The van der Waals surface area contributed by atoms with Crippen molar-refractivity contribution < 1.29 is 13.6 Å². The van der Waals surface area contributed by atoms with Crippen molar-refractivity contribution in [2.24, 2.45) is 11.3 Å². The molecular weight excluding hydrogens is 320 g/mol. The zero-order valence-corrected chi connectivity index (χ0v) is 15.8. The maximum absolute atomic E-state index is 12.2. The lowest BCUT2D eigenvalue weighted by Crippen LogP contribution is -2.33. The number of nitrogens with two attached hydrogens (primary N) is 1. The van der Waals surface area contributed by atoms with Crippen molar-refractivity contribution in [3.63, 3.8) is 0 Å². The highest BCUT2D eigenvalue weighted by molar-refractivity contribution is 6.48. The maximum atomic E-state index is 12.2. The topological polar surface area (TPSA) is 77.5 Å². The molecule has 3 N–H and O–H groups in total. The summed E-state index contributed by atoms with van der Waals surface area (Å²) in [5, 5.41) is 0. The molecular formula is C18H25N2O3Si. The molecule has 0 aliphatic rings. The van der Waals surface area contributed by atoms with Crippen LogP contribution in [0.15, 0.2) is 41.0 Å². The molecule has 0 saturated heterocycles. The van der Waals surface area contributed by atoms with Gasteiger partial charge in [-0.25, -0.2) is 5.84 Å². The van der Waals surface area contributed by atoms with E-state index in [4.69, 9.17) is 14.7 Å². The van der Waals surface area contributed by atoms with Gasteiger partial charge in [0.2, 0.25) is 9.04 Å². The molecule has 1 unspecified atom stereocenters. The van der Waals surface area contributed by atoms with Gasteiger partial charge in [0.25, 0.3) is 0 Å². The van der Waals surface area contributed by atoms with Gasteiger partial charge in [0.05, 0.1) is 12.4 Å². The fraction of sp³-hybridized carbons (Fsp3) is 0.389. The Morgan fingerprint density at radius 1 is 1.25 bits per heavy atom. The predicted molar refractivity (Wildman–Crippen MR) is 96.6 cm³/mol. The standard InChI is InChI=1S/C18H25N2O3Si/c1-18(2,3)16(23-24(4)5)14-13(12-9-7-6-8-10-12)11-22-15(14)17(21)20-19/h6-11,16H,19H2,1-5H3,(H,20,21). The second-order valence-corrected chi connectivity index (χ2v) is 9.06.